The van der Waals surface area contributed by atoms with Crippen LogP contribution >= 0.6 is 23.2 Å². The third kappa shape index (κ3) is 3.90. The second kappa shape index (κ2) is 7.43. The summed E-state index contributed by atoms with van der Waals surface area (Å²) in [6, 6.07) is -3.82. The van der Waals surface area contributed by atoms with Gasteiger partial charge in [0.2, 0.25) is 0 Å². The van der Waals surface area contributed by atoms with E-state index in [1.807, 2.05) is 0 Å². The highest BCUT2D eigenvalue weighted by Gasteiger charge is 2.47. The van der Waals surface area contributed by atoms with E-state index in [9.17, 15) is 39.9 Å². The number of ether oxygens (including phenoxy) is 1. The number of hydrogen-bond donors (Lipinski definition) is 0. The maximum atomic E-state index is 13.6. The first kappa shape index (κ1) is 22.3. The van der Waals surface area contributed by atoms with E-state index >= 15 is 0 Å². The SMILES string of the molecule is Cc1nn(-c2cc(OC(F)(F)C(F)F)c(Cl)cc2Cl)c(=O)n1C(F)(F)C(F)F. The van der Waals surface area contributed by atoms with E-state index in [1.165, 1.54) is 0 Å². The van der Waals surface area contributed by atoms with Crippen molar-refractivity contribution in [3.05, 3.63) is 38.5 Å². The van der Waals surface area contributed by atoms with Crippen molar-refractivity contribution in [3.8, 4) is 11.4 Å². The van der Waals surface area contributed by atoms with Crippen LogP contribution in [0.3, 0.4) is 0 Å². The molecule has 0 aliphatic rings. The number of benzene rings is 1. The number of aryl methyl sites for hydroxylation is 1. The van der Waals surface area contributed by atoms with Crippen molar-refractivity contribution < 1.29 is 39.9 Å². The summed E-state index contributed by atoms with van der Waals surface area (Å²) in [5.74, 6) is -1.97. The summed E-state index contributed by atoms with van der Waals surface area (Å²) >= 11 is 11.3. The monoisotopic (exact) mass is 459 g/mol. The van der Waals surface area contributed by atoms with Gasteiger partial charge in [0.15, 0.2) is 0 Å². The average Bonchev–Trinajstić information content (AvgIpc) is 2.84. The fourth-order valence-corrected chi connectivity index (χ4v) is 2.51. The maximum absolute atomic E-state index is 13.6. The fourth-order valence-electron chi connectivity index (χ4n) is 2.01. The minimum Gasteiger partial charge on any atom is -0.427 e. The predicted octanol–water partition coefficient (Wildman–Crippen LogP) is 4.70. The van der Waals surface area contributed by atoms with Gasteiger partial charge in [0.05, 0.1) is 15.7 Å². The summed E-state index contributed by atoms with van der Waals surface area (Å²) in [6.07, 6.45) is -13.5. The molecule has 0 saturated carbocycles. The Balaban J connectivity index is 2.64. The zero-order valence-electron chi connectivity index (χ0n) is 13.2. The molecular weight excluding hydrogens is 453 g/mol. The Morgan fingerprint density at radius 3 is 2.11 bits per heavy atom. The average molecular weight is 460 g/mol. The number of hydrogen-bond acceptors (Lipinski definition) is 3. The zero-order valence-corrected chi connectivity index (χ0v) is 14.8. The van der Waals surface area contributed by atoms with Gasteiger partial charge in [0, 0.05) is 6.07 Å². The molecule has 2 aromatic rings. The molecule has 15 heteroatoms. The summed E-state index contributed by atoms with van der Waals surface area (Å²) in [7, 11) is 0. The molecule has 0 fully saturated rings. The van der Waals surface area contributed by atoms with Gasteiger partial charge in [-0.2, -0.15) is 31.0 Å². The molecule has 0 amide bonds. The van der Waals surface area contributed by atoms with Crippen LogP contribution in [0.1, 0.15) is 5.82 Å². The molecule has 1 aromatic heterocycles. The third-order valence-electron chi connectivity index (χ3n) is 3.23. The van der Waals surface area contributed by atoms with Gasteiger partial charge >= 0.3 is 30.7 Å². The lowest BCUT2D eigenvalue weighted by molar-refractivity contribution is -0.253. The van der Waals surface area contributed by atoms with Crippen LogP contribution in [0.5, 0.6) is 5.75 Å². The topological polar surface area (TPSA) is 49.1 Å². The first-order valence-electron chi connectivity index (χ1n) is 6.89. The van der Waals surface area contributed by atoms with E-state index in [0.717, 1.165) is 6.92 Å². The lowest BCUT2D eigenvalue weighted by atomic mass is 10.3. The highest BCUT2D eigenvalue weighted by atomic mass is 35.5. The molecule has 0 N–H and O–H groups in total. The molecule has 0 atom stereocenters. The van der Waals surface area contributed by atoms with Gasteiger partial charge in [0.1, 0.15) is 11.6 Å². The van der Waals surface area contributed by atoms with Crippen molar-refractivity contribution in [3.63, 3.8) is 0 Å². The van der Waals surface area contributed by atoms with Gasteiger partial charge in [-0.25, -0.2) is 18.1 Å². The smallest absolute Gasteiger partial charge is 0.427 e. The minimum absolute atomic E-state index is 0.0810. The Bertz CT molecular complexity index is 945. The Morgan fingerprint density at radius 1 is 1.04 bits per heavy atom. The lowest BCUT2D eigenvalue weighted by Crippen LogP contribution is -2.40. The van der Waals surface area contributed by atoms with E-state index in [0.29, 0.717) is 12.1 Å². The van der Waals surface area contributed by atoms with Crippen molar-refractivity contribution in [2.75, 3.05) is 0 Å². The lowest BCUT2D eigenvalue weighted by Gasteiger charge is -2.18. The second-order valence-corrected chi connectivity index (χ2v) is 5.98. The number of halogens is 10. The third-order valence-corrected chi connectivity index (χ3v) is 3.83. The van der Waals surface area contributed by atoms with E-state index in [-0.39, 0.29) is 4.68 Å². The molecule has 1 aromatic carbocycles. The molecule has 0 radical (unpaired) electrons. The number of rotatable bonds is 6. The van der Waals surface area contributed by atoms with Gasteiger partial charge in [-0.3, -0.25) is 0 Å². The van der Waals surface area contributed by atoms with Crippen LogP contribution in [0.15, 0.2) is 16.9 Å². The van der Waals surface area contributed by atoms with Gasteiger partial charge in [-0.05, 0) is 13.0 Å². The van der Waals surface area contributed by atoms with Gasteiger partial charge < -0.3 is 4.74 Å². The predicted molar refractivity (Wildman–Crippen MR) is 80.4 cm³/mol. The molecule has 0 bridgehead atoms. The highest BCUT2D eigenvalue weighted by Crippen LogP contribution is 2.37. The van der Waals surface area contributed by atoms with Crippen LogP contribution in [0.4, 0.5) is 35.1 Å². The summed E-state index contributed by atoms with van der Waals surface area (Å²) < 4.78 is 106. The second-order valence-electron chi connectivity index (χ2n) is 5.16. The molecule has 0 spiro atoms. The zero-order chi connectivity index (χ0) is 21.6. The molecule has 0 aliphatic heterocycles. The largest absolute Gasteiger partial charge is 0.461 e. The highest BCUT2D eigenvalue weighted by molar-refractivity contribution is 6.36. The van der Waals surface area contributed by atoms with Gasteiger partial charge in [-0.1, -0.05) is 23.2 Å². The Morgan fingerprint density at radius 2 is 1.61 bits per heavy atom. The van der Waals surface area contributed by atoms with Crippen LogP contribution in [0.25, 0.3) is 5.69 Å². The standard InChI is InChI=1S/C13H7Cl2F8N3O2/c1-4-24-26(11(27)25(4)12(20,21)9(16)17)7-3-8(6(15)2-5(7)14)28-13(22,23)10(18)19/h2-3,9-10H,1H3. The van der Waals surface area contributed by atoms with E-state index in [4.69, 9.17) is 23.2 Å². The van der Waals surface area contributed by atoms with Crippen LogP contribution in [-0.2, 0) is 6.05 Å². The molecule has 0 saturated heterocycles. The van der Waals surface area contributed by atoms with Crippen molar-refractivity contribution in [2.24, 2.45) is 0 Å². The van der Waals surface area contributed by atoms with Gasteiger partial charge in [-0.15, -0.1) is 5.10 Å². The molecule has 28 heavy (non-hydrogen) atoms. The van der Waals surface area contributed by atoms with Crippen LogP contribution in [0, 0.1) is 6.92 Å². The maximum Gasteiger partial charge on any atom is 0.461 e. The Hall–Kier alpha value is -2.02. The quantitative estimate of drug-likeness (QED) is 0.588. The first-order chi connectivity index (χ1) is 12.7. The number of nitrogens with zero attached hydrogens (tertiary/aromatic N) is 3. The van der Waals surface area contributed by atoms with Gasteiger partial charge in [0.25, 0.3) is 0 Å². The first-order valence-corrected chi connectivity index (χ1v) is 7.65. The molecule has 0 unspecified atom stereocenters. The van der Waals surface area contributed by atoms with Crippen molar-refractivity contribution >= 4 is 23.2 Å². The molecule has 156 valence electrons. The van der Waals surface area contributed by atoms with E-state index in [1.54, 1.807) is 0 Å². The normalized spacial score (nSPS) is 12.9. The molecule has 1 heterocycles. The molecule has 0 aliphatic carbocycles. The minimum atomic E-state index is -4.99. The van der Waals surface area contributed by atoms with Crippen LogP contribution in [-0.4, -0.2) is 33.3 Å². The van der Waals surface area contributed by atoms with Crippen LogP contribution < -0.4 is 10.4 Å². The summed E-state index contributed by atoms with van der Waals surface area (Å²) in [5.41, 5.74) is -2.51. The van der Waals surface area contributed by atoms with Crippen molar-refractivity contribution in [1.82, 2.24) is 14.3 Å². The summed E-state index contributed by atoms with van der Waals surface area (Å²) in [6.45, 7) is 0.792. The van der Waals surface area contributed by atoms with E-state index < -0.39 is 62.6 Å². The number of aromatic nitrogens is 3. The molecule has 5 nitrogen and oxygen atoms in total. The van der Waals surface area contributed by atoms with E-state index in [2.05, 4.69) is 9.84 Å². The van der Waals surface area contributed by atoms with Crippen molar-refractivity contribution in [1.29, 1.82) is 0 Å². The number of alkyl halides is 8. The van der Waals surface area contributed by atoms with Crippen LogP contribution in [0.2, 0.25) is 10.0 Å². The molecular formula is C13H7Cl2F8N3O2. The Kier molecular flexibility index (Phi) is 5.91. The van der Waals surface area contributed by atoms with Crippen molar-refractivity contribution in [2.45, 2.75) is 31.9 Å². The fraction of sp³-hybridized carbons (Fsp3) is 0.385. The Labute approximate surface area is 160 Å². The summed E-state index contributed by atoms with van der Waals surface area (Å²) in [4.78, 5) is 12.1. The summed E-state index contributed by atoms with van der Waals surface area (Å²) in [5, 5.41) is 2.12. The molecule has 2 rings (SSSR count).